The van der Waals surface area contributed by atoms with Gasteiger partial charge in [0.25, 0.3) is 0 Å². The third-order valence-corrected chi connectivity index (χ3v) is 4.04. The molecule has 0 fully saturated rings. The molecule has 0 saturated heterocycles. The van der Waals surface area contributed by atoms with Crippen LogP contribution in [-0.2, 0) is 0 Å². The fraction of sp³-hybridized carbons (Fsp3) is 0. The van der Waals surface area contributed by atoms with Crippen molar-refractivity contribution in [2.24, 2.45) is 0 Å². The highest BCUT2D eigenvalue weighted by atomic mass is 79.9. The Morgan fingerprint density at radius 3 is 2.10 bits per heavy atom. The Morgan fingerprint density at radius 1 is 1.20 bits per heavy atom. The highest BCUT2D eigenvalue weighted by Crippen LogP contribution is 2.03. The summed E-state index contributed by atoms with van der Waals surface area (Å²) in [6.07, 6.45) is 0. The summed E-state index contributed by atoms with van der Waals surface area (Å²) in [7, 11) is 0. The molecule has 0 aliphatic carbocycles. The Labute approximate surface area is 91.7 Å². The van der Waals surface area contributed by atoms with Gasteiger partial charge in [-0.25, -0.2) is 0 Å². The number of hydrogen-bond acceptors (Lipinski definition) is 0. The maximum atomic E-state index is 5.67. The molecule has 0 heterocycles. The lowest BCUT2D eigenvalue weighted by molar-refractivity contribution is 1.77. The molecule has 0 saturated carbocycles. The first-order chi connectivity index (χ1) is 4.33. The zero-order valence-corrected chi connectivity index (χ0v) is 10.6. The average molecular weight is 297 g/mol. The second kappa shape index (κ2) is 5.83. The summed E-state index contributed by atoms with van der Waals surface area (Å²) in [5, 5.41) is 0.814. The van der Waals surface area contributed by atoms with Gasteiger partial charge >= 0.3 is 18.2 Å². The number of benzene rings is 1. The largest absolute Gasteiger partial charge is 0.506 e. The molecule has 10 heavy (non-hydrogen) atoms. The SMILES string of the molecule is Br.Clc1cc[c]([Mg][Br])cc1. The van der Waals surface area contributed by atoms with Crippen molar-refractivity contribution >= 4 is 63.4 Å². The summed E-state index contributed by atoms with van der Waals surface area (Å²) in [5.74, 6) is 0. The van der Waals surface area contributed by atoms with Crippen LogP contribution in [0, 0.1) is 0 Å². The van der Waals surface area contributed by atoms with Crippen LogP contribution in [0.1, 0.15) is 0 Å². The normalized spacial score (nSPS) is 7.80. The first-order valence-electron chi connectivity index (χ1n) is 2.63. The maximum absolute atomic E-state index is 5.67. The topological polar surface area (TPSA) is 0 Å². The molecule has 0 aromatic heterocycles. The van der Waals surface area contributed by atoms with Crippen LogP contribution in [0.15, 0.2) is 24.3 Å². The number of rotatable bonds is 1. The standard InChI is InChI=1S/C6H4Cl.2BrH.Mg/c7-6-4-2-1-3-5-6;;;/h2-5H;2*1H;/q;;;+1/p-1. The summed E-state index contributed by atoms with van der Waals surface area (Å²) < 4.78 is 1.39. The van der Waals surface area contributed by atoms with Gasteiger partial charge < -0.3 is 0 Å². The first kappa shape index (κ1) is 11.2. The molecule has 0 radical (unpaired) electrons. The molecule has 0 bridgehead atoms. The fourth-order valence-electron chi connectivity index (χ4n) is 0.573. The van der Waals surface area contributed by atoms with Crippen molar-refractivity contribution in [3.8, 4) is 0 Å². The van der Waals surface area contributed by atoms with Crippen LogP contribution in [0.4, 0.5) is 0 Å². The number of hydrogen-bond donors (Lipinski definition) is 0. The molecule has 0 aliphatic heterocycles. The van der Waals surface area contributed by atoms with Gasteiger partial charge in [0, 0.05) is 5.02 Å². The smallest absolute Gasteiger partial charge is 0.296 e. The van der Waals surface area contributed by atoms with E-state index in [-0.39, 0.29) is 35.2 Å². The van der Waals surface area contributed by atoms with Gasteiger partial charge in [0.2, 0.25) is 0 Å². The summed E-state index contributed by atoms with van der Waals surface area (Å²) in [5.41, 5.74) is 0. The predicted molar refractivity (Wildman–Crippen MR) is 56.1 cm³/mol. The van der Waals surface area contributed by atoms with E-state index in [1.165, 1.54) is 3.69 Å². The molecule has 0 nitrogen and oxygen atoms in total. The summed E-state index contributed by atoms with van der Waals surface area (Å²) in [6.45, 7) is 0. The van der Waals surface area contributed by atoms with E-state index < -0.39 is 0 Å². The molecule has 52 valence electrons. The van der Waals surface area contributed by atoms with Crippen molar-refractivity contribution in [3.05, 3.63) is 29.3 Å². The Kier molecular flexibility index (Phi) is 6.55. The Morgan fingerprint density at radius 2 is 1.70 bits per heavy atom. The summed E-state index contributed by atoms with van der Waals surface area (Å²) in [6, 6.07) is 7.96. The highest BCUT2D eigenvalue weighted by molar-refractivity contribution is 9.23. The van der Waals surface area contributed by atoms with E-state index in [1.54, 1.807) is 0 Å². The lowest BCUT2D eigenvalue weighted by Crippen LogP contribution is -2.05. The third kappa shape index (κ3) is 3.58. The number of halogens is 3. The molecule has 0 spiro atoms. The lowest BCUT2D eigenvalue weighted by atomic mass is 10.4. The van der Waals surface area contributed by atoms with Crippen LogP contribution in [0.3, 0.4) is 0 Å². The zero-order chi connectivity index (χ0) is 6.69. The minimum absolute atomic E-state index is 0. The van der Waals surface area contributed by atoms with Gasteiger partial charge in [-0.3, -0.25) is 12.9 Å². The Hall–Kier alpha value is 1.24. The van der Waals surface area contributed by atoms with Crippen molar-refractivity contribution in [2.45, 2.75) is 0 Å². The van der Waals surface area contributed by atoms with E-state index in [2.05, 4.69) is 25.0 Å². The minimum Gasteiger partial charge on any atom is -0.296 e. The van der Waals surface area contributed by atoms with Gasteiger partial charge in [-0.1, -0.05) is 23.7 Å². The van der Waals surface area contributed by atoms with Gasteiger partial charge in [0.05, 0.1) is 0 Å². The summed E-state index contributed by atoms with van der Waals surface area (Å²) >= 11 is 8.98. The van der Waals surface area contributed by atoms with Gasteiger partial charge in [-0.2, -0.15) is 3.69 Å². The zero-order valence-electron chi connectivity index (χ0n) is 5.18. The second-order valence-corrected chi connectivity index (χ2v) is 4.96. The van der Waals surface area contributed by atoms with Crippen molar-refractivity contribution < 1.29 is 0 Å². The molecule has 4 heteroatoms. The molecular weight excluding hydrogens is 292 g/mol. The van der Waals surface area contributed by atoms with Gasteiger partial charge in [-0.15, -0.1) is 17.0 Å². The van der Waals surface area contributed by atoms with Crippen LogP contribution in [0.25, 0.3) is 0 Å². The van der Waals surface area contributed by atoms with E-state index in [9.17, 15) is 0 Å². The quantitative estimate of drug-likeness (QED) is 0.699. The first-order valence-corrected chi connectivity index (χ1v) is 7.62. The molecule has 0 aliphatic rings. The van der Waals surface area contributed by atoms with Crippen molar-refractivity contribution in [1.29, 1.82) is 0 Å². The van der Waals surface area contributed by atoms with Crippen molar-refractivity contribution in [2.75, 3.05) is 0 Å². The van der Waals surface area contributed by atoms with Crippen LogP contribution in [0.2, 0.25) is 5.02 Å². The van der Waals surface area contributed by atoms with Crippen LogP contribution >= 0.6 is 41.5 Å². The van der Waals surface area contributed by atoms with E-state index in [0.29, 0.717) is 0 Å². The maximum Gasteiger partial charge on any atom is 0.506 e. The lowest BCUT2D eigenvalue weighted by Gasteiger charge is -1.91. The molecule has 1 aromatic carbocycles. The van der Waals surface area contributed by atoms with E-state index >= 15 is 0 Å². The Balaban J connectivity index is 0.000000810. The molecular formula is C6H5Br2ClMg. The molecule has 1 rings (SSSR count). The minimum atomic E-state index is -0.171. The molecule has 1 aromatic rings. The van der Waals surface area contributed by atoms with E-state index in [1.807, 2.05) is 12.1 Å². The molecule has 0 amide bonds. The van der Waals surface area contributed by atoms with Crippen LogP contribution in [-0.4, -0.2) is 18.2 Å². The third-order valence-electron chi connectivity index (χ3n) is 1.07. The van der Waals surface area contributed by atoms with Gasteiger partial charge in [0.15, 0.2) is 0 Å². The van der Waals surface area contributed by atoms with Crippen molar-refractivity contribution in [3.63, 3.8) is 0 Å². The van der Waals surface area contributed by atoms with E-state index in [0.717, 1.165) is 5.02 Å². The summed E-state index contributed by atoms with van der Waals surface area (Å²) in [4.78, 5) is 0. The predicted octanol–water partition coefficient (Wildman–Crippen LogP) is 2.56. The average Bonchev–Trinajstić information content (AvgIpc) is 1.90. The monoisotopic (exact) mass is 294 g/mol. The fourth-order valence-corrected chi connectivity index (χ4v) is 2.23. The van der Waals surface area contributed by atoms with Gasteiger partial charge in [-0.05, 0) is 12.1 Å². The molecule has 0 N–H and O–H groups in total. The van der Waals surface area contributed by atoms with E-state index in [4.69, 9.17) is 11.6 Å². The molecule has 0 atom stereocenters. The van der Waals surface area contributed by atoms with Crippen LogP contribution in [0.5, 0.6) is 0 Å². The Bertz CT molecular complexity index is 187. The van der Waals surface area contributed by atoms with Crippen molar-refractivity contribution in [1.82, 2.24) is 0 Å². The second-order valence-electron chi connectivity index (χ2n) is 1.76. The highest BCUT2D eigenvalue weighted by Gasteiger charge is 1.92. The van der Waals surface area contributed by atoms with Crippen LogP contribution < -0.4 is 3.69 Å². The molecule has 0 unspecified atom stereocenters. The van der Waals surface area contributed by atoms with Gasteiger partial charge in [0.1, 0.15) is 0 Å².